The highest BCUT2D eigenvalue weighted by molar-refractivity contribution is 5.34. The normalized spacial score (nSPS) is 14.1. The van der Waals surface area contributed by atoms with E-state index in [1.54, 1.807) is 0 Å². The number of aliphatic hydroxyl groups is 2. The van der Waals surface area contributed by atoms with Gasteiger partial charge in [-0.1, -0.05) is 5.18 Å². The lowest BCUT2D eigenvalue weighted by atomic mass is 10.0. The van der Waals surface area contributed by atoms with Gasteiger partial charge in [0.05, 0.1) is 11.5 Å². The molecule has 16 heavy (non-hydrogen) atoms. The van der Waals surface area contributed by atoms with Gasteiger partial charge in [0.2, 0.25) is 0 Å². The second kappa shape index (κ2) is 5.29. The Hall–Kier alpha value is -1.86. The van der Waals surface area contributed by atoms with Crippen LogP contribution in [0.2, 0.25) is 0 Å². The minimum Gasteiger partial charge on any atom is -0.394 e. The lowest BCUT2D eigenvalue weighted by molar-refractivity contribution is -0.384. The zero-order chi connectivity index (χ0) is 12.1. The van der Waals surface area contributed by atoms with Gasteiger partial charge in [-0.15, -0.1) is 0 Å². The first-order valence-electron chi connectivity index (χ1n) is 4.46. The third-order valence-corrected chi connectivity index (χ3v) is 2.13. The van der Waals surface area contributed by atoms with E-state index in [9.17, 15) is 20.1 Å². The Balaban J connectivity index is 2.88. The maximum atomic E-state index is 10.4. The fraction of sp³-hybridized carbons (Fsp3) is 0.333. The molecule has 0 saturated heterocycles. The lowest BCUT2D eigenvalue weighted by Crippen LogP contribution is -2.19. The molecule has 0 heterocycles. The van der Waals surface area contributed by atoms with Crippen molar-refractivity contribution in [3.8, 4) is 0 Å². The highest BCUT2D eigenvalue weighted by Crippen LogP contribution is 2.21. The largest absolute Gasteiger partial charge is 0.394 e. The Morgan fingerprint density at radius 1 is 1.38 bits per heavy atom. The molecule has 0 aliphatic heterocycles. The van der Waals surface area contributed by atoms with Crippen LogP contribution in [0.1, 0.15) is 11.7 Å². The van der Waals surface area contributed by atoms with Crippen LogP contribution in [0, 0.1) is 15.0 Å². The van der Waals surface area contributed by atoms with Gasteiger partial charge >= 0.3 is 0 Å². The van der Waals surface area contributed by atoms with Crippen LogP contribution in [0.25, 0.3) is 0 Å². The van der Waals surface area contributed by atoms with Gasteiger partial charge in [0, 0.05) is 12.1 Å². The van der Waals surface area contributed by atoms with Crippen LogP contribution in [-0.4, -0.2) is 27.8 Å². The van der Waals surface area contributed by atoms with Gasteiger partial charge in [-0.05, 0) is 17.7 Å². The molecule has 2 N–H and O–H groups in total. The molecule has 0 fully saturated rings. The van der Waals surface area contributed by atoms with E-state index in [4.69, 9.17) is 5.11 Å². The summed E-state index contributed by atoms with van der Waals surface area (Å²) in [6, 6.07) is 3.88. The Bertz CT molecular complexity index is 378. The summed E-state index contributed by atoms with van der Waals surface area (Å²) in [5, 5.41) is 31.2. The topological polar surface area (TPSA) is 113 Å². The first-order chi connectivity index (χ1) is 7.60. The predicted octanol–water partition coefficient (Wildman–Crippen LogP) is 0.755. The average molecular weight is 226 g/mol. The predicted molar refractivity (Wildman–Crippen MR) is 54.7 cm³/mol. The number of hydrogen-bond donors (Lipinski definition) is 2. The molecular weight excluding hydrogens is 216 g/mol. The standard InChI is InChI=1S/C9H10N2O5/c12-5-8(10-14)9(13)6-1-3-7(4-2-6)11(15)16/h1-4,8-9,12-13H,5H2/t8-,9-/m0/s1. The second-order valence-electron chi connectivity index (χ2n) is 3.15. The summed E-state index contributed by atoms with van der Waals surface area (Å²) in [7, 11) is 0. The van der Waals surface area contributed by atoms with Crippen LogP contribution in [0.4, 0.5) is 5.69 Å². The first-order valence-corrected chi connectivity index (χ1v) is 4.46. The summed E-state index contributed by atoms with van der Waals surface area (Å²) in [4.78, 5) is 20.0. The van der Waals surface area contributed by atoms with Crippen molar-refractivity contribution >= 4 is 5.69 Å². The molecule has 2 atom stereocenters. The van der Waals surface area contributed by atoms with E-state index in [0.29, 0.717) is 5.56 Å². The fourth-order valence-electron chi connectivity index (χ4n) is 1.21. The quantitative estimate of drug-likeness (QED) is 0.437. The highest BCUT2D eigenvalue weighted by atomic mass is 16.6. The molecule has 0 aliphatic rings. The molecule has 0 radical (unpaired) electrons. The van der Waals surface area contributed by atoms with Gasteiger partial charge in [-0.2, -0.15) is 4.91 Å². The van der Waals surface area contributed by atoms with Gasteiger partial charge < -0.3 is 10.2 Å². The summed E-state index contributed by atoms with van der Waals surface area (Å²) in [6.07, 6.45) is -1.26. The zero-order valence-electron chi connectivity index (χ0n) is 8.18. The van der Waals surface area contributed by atoms with E-state index in [-0.39, 0.29) is 5.69 Å². The summed E-state index contributed by atoms with van der Waals surface area (Å²) >= 11 is 0. The van der Waals surface area contributed by atoms with Crippen molar-refractivity contribution in [3.63, 3.8) is 0 Å². The molecule has 0 bridgehead atoms. The van der Waals surface area contributed by atoms with Gasteiger partial charge in [-0.25, -0.2) is 0 Å². The van der Waals surface area contributed by atoms with Crippen molar-refractivity contribution < 1.29 is 15.1 Å². The smallest absolute Gasteiger partial charge is 0.269 e. The van der Waals surface area contributed by atoms with Crippen molar-refractivity contribution in [1.82, 2.24) is 0 Å². The van der Waals surface area contributed by atoms with E-state index in [1.165, 1.54) is 24.3 Å². The van der Waals surface area contributed by atoms with Crippen LogP contribution >= 0.6 is 0 Å². The third kappa shape index (κ3) is 2.59. The van der Waals surface area contributed by atoms with E-state index in [1.807, 2.05) is 0 Å². The maximum absolute atomic E-state index is 10.4. The van der Waals surface area contributed by atoms with Gasteiger partial charge in [-0.3, -0.25) is 10.1 Å². The lowest BCUT2D eigenvalue weighted by Gasteiger charge is -2.13. The van der Waals surface area contributed by atoms with Crippen molar-refractivity contribution in [2.45, 2.75) is 12.1 Å². The molecule has 0 aliphatic carbocycles. The minimum absolute atomic E-state index is 0.115. The number of aliphatic hydroxyl groups excluding tert-OH is 2. The Labute approximate surface area is 90.5 Å². The molecule has 0 amide bonds. The monoisotopic (exact) mass is 226 g/mol. The van der Waals surface area contributed by atoms with E-state index < -0.39 is 23.7 Å². The Kier molecular flexibility index (Phi) is 4.03. The number of nitrogens with zero attached hydrogens (tertiary/aromatic N) is 2. The van der Waals surface area contributed by atoms with Crippen molar-refractivity contribution in [2.24, 2.45) is 5.18 Å². The molecule has 1 aromatic rings. The molecule has 1 aromatic carbocycles. The Morgan fingerprint density at radius 3 is 2.31 bits per heavy atom. The first kappa shape index (κ1) is 12.2. The number of nitroso groups, excluding NO2 is 1. The molecule has 0 aromatic heterocycles. The molecule has 7 heteroatoms. The summed E-state index contributed by atoms with van der Waals surface area (Å²) in [5.74, 6) is 0. The van der Waals surface area contributed by atoms with Gasteiger partial charge in [0.15, 0.2) is 0 Å². The van der Waals surface area contributed by atoms with E-state index >= 15 is 0 Å². The highest BCUT2D eigenvalue weighted by Gasteiger charge is 2.21. The van der Waals surface area contributed by atoms with Gasteiger partial charge in [0.25, 0.3) is 5.69 Å². The second-order valence-corrected chi connectivity index (χ2v) is 3.15. The number of non-ortho nitro benzene ring substituents is 1. The zero-order valence-corrected chi connectivity index (χ0v) is 8.18. The van der Waals surface area contributed by atoms with Crippen LogP contribution in [0.3, 0.4) is 0 Å². The molecule has 0 saturated carbocycles. The third-order valence-electron chi connectivity index (χ3n) is 2.13. The summed E-state index contributed by atoms with van der Waals surface area (Å²) in [6.45, 7) is -0.582. The maximum Gasteiger partial charge on any atom is 0.269 e. The molecular formula is C9H10N2O5. The number of nitro groups is 1. The van der Waals surface area contributed by atoms with Gasteiger partial charge in [0.1, 0.15) is 12.1 Å². The van der Waals surface area contributed by atoms with Crippen LogP contribution < -0.4 is 0 Å². The number of benzene rings is 1. The number of rotatable bonds is 5. The summed E-state index contributed by atoms with van der Waals surface area (Å²) in [5.41, 5.74) is 0.180. The average Bonchev–Trinajstić information content (AvgIpc) is 2.30. The molecule has 0 spiro atoms. The minimum atomic E-state index is -1.26. The SMILES string of the molecule is O=N[C@@H](CO)[C@@H](O)c1ccc([N+](=O)[O-])cc1. The molecule has 0 unspecified atom stereocenters. The molecule has 86 valence electrons. The van der Waals surface area contributed by atoms with E-state index in [0.717, 1.165) is 0 Å². The number of hydrogen-bond acceptors (Lipinski definition) is 6. The van der Waals surface area contributed by atoms with Crippen LogP contribution in [0.15, 0.2) is 29.4 Å². The molecule has 1 rings (SSSR count). The number of nitro benzene ring substituents is 1. The molecule has 7 nitrogen and oxygen atoms in total. The van der Waals surface area contributed by atoms with Crippen molar-refractivity contribution in [1.29, 1.82) is 0 Å². The summed E-state index contributed by atoms with van der Waals surface area (Å²) < 4.78 is 0. The van der Waals surface area contributed by atoms with Crippen LogP contribution in [0.5, 0.6) is 0 Å². The van der Waals surface area contributed by atoms with Crippen molar-refractivity contribution in [2.75, 3.05) is 6.61 Å². The van der Waals surface area contributed by atoms with Crippen LogP contribution in [-0.2, 0) is 0 Å². The van der Waals surface area contributed by atoms with Crippen molar-refractivity contribution in [3.05, 3.63) is 44.9 Å². The Morgan fingerprint density at radius 2 is 1.94 bits per heavy atom. The fourth-order valence-corrected chi connectivity index (χ4v) is 1.21. The van der Waals surface area contributed by atoms with E-state index in [2.05, 4.69) is 5.18 Å².